The van der Waals surface area contributed by atoms with E-state index in [1.165, 1.54) is 0 Å². The highest BCUT2D eigenvalue weighted by Gasteiger charge is 2.43. The molecule has 0 saturated carbocycles. The summed E-state index contributed by atoms with van der Waals surface area (Å²) < 4.78 is 11.5. The van der Waals surface area contributed by atoms with Gasteiger partial charge in [0.25, 0.3) is 0 Å². The van der Waals surface area contributed by atoms with Crippen LogP contribution in [-0.4, -0.2) is 22.9 Å². The molecule has 2 atom stereocenters. The van der Waals surface area contributed by atoms with Crippen LogP contribution in [0.3, 0.4) is 0 Å². The molecule has 0 aliphatic carbocycles. The number of phenolic OH excluding ortho intramolecular Hbond substituents is 1. The Morgan fingerprint density at radius 1 is 1.00 bits per heavy atom. The zero-order chi connectivity index (χ0) is 21.7. The lowest BCUT2D eigenvalue weighted by atomic mass is 9.95. The van der Waals surface area contributed by atoms with Crippen molar-refractivity contribution in [2.24, 2.45) is 5.10 Å². The standard InChI is InChI=1S/C23H17Cl3N2O3/c1-30-15-5-2-12(3-6-15)19-11-20-16-9-14(25)10-18(26)22(16)31-23(28(20)27-19)17-8-13(24)4-7-21(17)29/h2-10,20,23,29H,11H2,1H3/t20-,23+/m0/s1. The van der Waals surface area contributed by atoms with Gasteiger partial charge >= 0.3 is 0 Å². The fourth-order valence-corrected chi connectivity index (χ4v) is 4.74. The van der Waals surface area contributed by atoms with Crippen molar-refractivity contribution in [1.82, 2.24) is 5.01 Å². The van der Waals surface area contributed by atoms with Gasteiger partial charge in [0.15, 0.2) is 0 Å². The van der Waals surface area contributed by atoms with E-state index in [2.05, 4.69) is 0 Å². The first-order valence-electron chi connectivity index (χ1n) is 9.59. The molecule has 0 bridgehead atoms. The molecular formula is C23H17Cl3N2O3. The molecule has 0 amide bonds. The van der Waals surface area contributed by atoms with E-state index in [0.29, 0.717) is 32.8 Å². The van der Waals surface area contributed by atoms with Crippen molar-refractivity contribution < 1.29 is 14.6 Å². The summed E-state index contributed by atoms with van der Waals surface area (Å²) in [5.74, 6) is 1.37. The molecule has 0 aromatic heterocycles. The van der Waals surface area contributed by atoms with Crippen LogP contribution in [0.25, 0.3) is 0 Å². The second-order valence-corrected chi connectivity index (χ2v) is 8.63. The first-order valence-corrected chi connectivity index (χ1v) is 10.7. The number of methoxy groups -OCH3 is 1. The zero-order valence-corrected chi connectivity index (χ0v) is 18.6. The first kappa shape index (κ1) is 20.3. The Bertz CT molecular complexity index is 1200. The van der Waals surface area contributed by atoms with Gasteiger partial charge in [0.2, 0.25) is 6.23 Å². The smallest absolute Gasteiger partial charge is 0.217 e. The maximum atomic E-state index is 10.5. The number of hydrazone groups is 1. The lowest BCUT2D eigenvalue weighted by molar-refractivity contribution is -0.0202. The summed E-state index contributed by atoms with van der Waals surface area (Å²) in [5.41, 5.74) is 3.21. The van der Waals surface area contributed by atoms with E-state index in [4.69, 9.17) is 49.4 Å². The maximum absolute atomic E-state index is 10.5. The normalized spacial score (nSPS) is 19.4. The van der Waals surface area contributed by atoms with Crippen molar-refractivity contribution in [3.8, 4) is 17.2 Å². The third-order valence-corrected chi connectivity index (χ3v) is 6.22. The van der Waals surface area contributed by atoms with Gasteiger partial charge in [0.05, 0.1) is 29.4 Å². The molecule has 31 heavy (non-hydrogen) atoms. The average molecular weight is 476 g/mol. The molecule has 1 N–H and O–H groups in total. The summed E-state index contributed by atoms with van der Waals surface area (Å²) in [5, 5.41) is 18.6. The number of fused-ring (bicyclic) bond motifs is 3. The molecule has 2 heterocycles. The number of aromatic hydroxyl groups is 1. The highest BCUT2D eigenvalue weighted by atomic mass is 35.5. The molecule has 158 valence electrons. The summed E-state index contributed by atoms with van der Waals surface area (Å²) in [6.45, 7) is 0. The molecule has 3 aromatic carbocycles. The quantitative estimate of drug-likeness (QED) is 0.463. The number of ether oxygens (including phenoxy) is 2. The minimum absolute atomic E-state index is 0.0646. The van der Waals surface area contributed by atoms with E-state index in [0.717, 1.165) is 22.6 Å². The molecule has 2 aliphatic heterocycles. The van der Waals surface area contributed by atoms with Gasteiger partial charge in [-0.1, -0.05) is 34.8 Å². The van der Waals surface area contributed by atoms with Crippen molar-refractivity contribution in [2.75, 3.05) is 7.11 Å². The van der Waals surface area contributed by atoms with E-state index in [1.54, 1.807) is 31.4 Å². The SMILES string of the molecule is COc1ccc(C2=NN3[C@@H](c4cc(Cl)ccc4O)Oc4c(Cl)cc(Cl)cc4[C@@H]3C2)cc1. The highest BCUT2D eigenvalue weighted by Crippen LogP contribution is 2.52. The van der Waals surface area contributed by atoms with Gasteiger partial charge in [0.1, 0.15) is 17.2 Å². The molecule has 8 heteroatoms. The number of benzene rings is 3. The molecule has 5 nitrogen and oxygen atoms in total. The van der Waals surface area contributed by atoms with Crippen LogP contribution in [0.15, 0.2) is 59.7 Å². The highest BCUT2D eigenvalue weighted by molar-refractivity contribution is 6.35. The second kappa shape index (κ2) is 7.83. The summed E-state index contributed by atoms with van der Waals surface area (Å²) in [6, 6.07) is 15.9. The third kappa shape index (κ3) is 3.57. The van der Waals surface area contributed by atoms with Crippen LogP contribution in [0.4, 0.5) is 0 Å². The molecular weight excluding hydrogens is 459 g/mol. The number of hydrogen-bond acceptors (Lipinski definition) is 5. The second-order valence-electron chi connectivity index (χ2n) is 7.35. The van der Waals surface area contributed by atoms with E-state index in [1.807, 2.05) is 35.3 Å². The van der Waals surface area contributed by atoms with Gasteiger partial charge in [-0.25, -0.2) is 5.01 Å². The summed E-state index contributed by atoms with van der Waals surface area (Å²) in [4.78, 5) is 0. The Kier molecular flexibility index (Phi) is 5.13. The van der Waals surface area contributed by atoms with Gasteiger partial charge in [-0.15, -0.1) is 0 Å². The Hall–Kier alpha value is -2.60. The number of rotatable bonds is 3. The molecule has 2 aliphatic rings. The number of nitrogens with zero attached hydrogens (tertiary/aromatic N) is 2. The zero-order valence-electron chi connectivity index (χ0n) is 16.3. The number of phenols is 1. The van der Waals surface area contributed by atoms with Crippen LogP contribution in [-0.2, 0) is 0 Å². The Morgan fingerprint density at radius 3 is 2.48 bits per heavy atom. The third-order valence-electron chi connectivity index (χ3n) is 5.49. The first-order chi connectivity index (χ1) is 14.9. The minimum Gasteiger partial charge on any atom is -0.507 e. The molecule has 0 spiro atoms. The van der Waals surface area contributed by atoms with Crippen molar-refractivity contribution in [3.63, 3.8) is 0 Å². The molecule has 0 unspecified atom stereocenters. The number of halogens is 3. The molecule has 0 saturated heterocycles. The van der Waals surface area contributed by atoms with Gasteiger partial charge < -0.3 is 14.6 Å². The van der Waals surface area contributed by atoms with Gasteiger partial charge in [0, 0.05) is 22.0 Å². The van der Waals surface area contributed by atoms with E-state index >= 15 is 0 Å². The van der Waals surface area contributed by atoms with E-state index < -0.39 is 6.23 Å². The topological polar surface area (TPSA) is 54.3 Å². The van der Waals surface area contributed by atoms with E-state index in [-0.39, 0.29) is 11.8 Å². The maximum Gasteiger partial charge on any atom is 0.217 e. The van der Waals surface area contributed by atoms with Crippen LogP contribution in [0.5, 0.6) is 17.2 Å². The van der Waals surface area contributed by atoms with Crippen molar-refractivity contribution in [3.05, 3.63) is 86.4 Å². The molecule has 5 rings (SSSR count). The average Bonchev–Trinajstić information content (AvgIpc) is 3.21. The van der Waals surface area contributed by atoms with Crippen molar-refractivity contribution >= 4 is 40.5 Å². The lowest BCUT2D eigenvalue weighted by Crippen LogP contribution is -2.34. The van der Waals surface area contributed by atoms with Gasteiger partial charge in [-0.05, 0) is 60.2 Å². The van der Waals surface area contributed by atoms with Crippen molar-refractivity contribution in [1.29, 1.82) is 0 Å². The van der Waals surface area contributed by atoms with E-state index in [9.17, 15) is 5.11 Å². The monoisotopic (exact) mass is 474 g/mol. The fraction of sp³-hybridized carbons (Fsp3) is 0.174. The predicted molar refractivity (Wildman–Crippen MR) is 122 cm³/mol. The van der Waals surface area contributed by atoms with Gasteiger partial charge in [-0.3, -0.25) is 0 Å². The lowest BCUT2D eigenvalue weighted by Gasteiger charge is -2.38. The van der Waals surface area contributed by atoms with Crippen LogP contribution in [0.2, 0.25) is 15.1 Å². The number of hydrogen-bond donors (Lipinski definition) is 1. The van der Waals surface area contributed by atoms with Crippen LogP contribution in [0, 0.1) is 0 Å². The molecule has 0 fully saturated rings. The van der Waals surface area contributed by atoms with Crippen LogP contribution in [0.1, 0.15) is 35.4 Å². The Balaban J connectivity index is 1.63. The summed E-state index contributed by atoms with van der Waals surface area (Å²) in [6.07, 6.45) is -0.0809. The summed E-state index contributed by atoms with van der Waals surface area (Å²) in [7, 11) is 1.63. The fourth-order valence-electron chi connectivity index (χ4n) is 4.00. The predicted octanol–water partition coefficient (Wildman–Crippen LogP) is 6.60. The van der Waals surface area contributed by atoms with Crippen LogP contribution >= 0.6 is 34.8 Å². The Labute approximate surface area is 194 Å². The Morgan fingerprint density at radius 2 is 1.74 bits per heavy atom. The molecule has 3 aromatic rings. The van der Waals surface area contributed by atoms with Gasteiger partial charge in [-0.2, -0.15) is 5.10 Å². The minimum atomic E-state index is -0.703. The van der Waals surface area contributed by atoms with Crippen LogP contribution < -0.4 is 9.47 Å². The molecule has 0 radical (unpaired) electrons. The summed E-state index contributed by atoms with van der Waals surface area (Å²) >= 11 is 19.0. The largest absolute Gasteiger partial charge is 0.507 e. The van der Waals surface area contributed by atoms with Crippen molar-refractivity contribution in [2.45, 2.75) is 18.7 Å².